The van der Waals surface area contributed by atoms with Gasteiger partial charge in [0.25, 0.3) is 0 Å². The number of nitrogens with zero attached hydrogens (tertiary/aromatic N) is 4. The van der Waals surface area contributed by atoms with Crippen molar-refractivity contribution in [3.8, 4) is 5.82 Å². The van der Waals surface area contributed by atoms with Gasteiger partial charge in [0.2, 0.25) is 0 Å². The Morgan fingerprint density at radius 2 is 2.00 bits per heavy atom. The molecule has 0 aliphatic heterocycles. The second kappa shape index (κ2) is 4.10. The van der Waals surface area contributed by atoms with Crippen LogP contribution in [0.3, 0.4) is 0 Å². The number of aromatic nitrogens is 4. The molecule has 0 aliphatic rings. The Balaban J connectivity index is 2.44. The van der Waals surface area contributed by atoms with E-state index in [4.69, 9.17) is 0 Å². The first kappa shape index (κ1) is 12.0. The molecule has 0 unspecified atom stereocenters. The Hall–Kier alpha value is -1.44. The molecule has 0 amide bonds. The molecule has 0 saturated carbocycles. The zero-order valence-electron chi connectivity index (χ0n) is 8.53. The van der Waals surface area contributed by atoms with Gasteiger partial charge < -0.3 is 0 Å². The fourth-order valence-electron chi connectivity index (χ4n) is 1.23. The van der Waals surface area contributed by atoms with Gasteiger partial charge in [-0.15, -0.1) is 0 Å². The largest absolute Gasteiger partial charge is 0.419 e. The normalized spacial score (nSPS) is 11.8. The first-order valence-electron chi connectivity index (χ1n) is 4.50. The molecule has 8 heteroatoms. The minimum atomic E-state index is -4.41. The number of alkyl halides is 3. The molecule has 2 heterocycles. The van der Waals surface area contributed by atoms with E-state index in [-0.39, 0.29) is 5.82 Å². The summed E-state index contributed by atoms with van der Waals surface area (Å²) >= 11 is 3.14. The van der Waals surface area contributed by atoms with Gasteiger partial charge in [0.05, 0.1) is 11.8 Å². The molecule has 0 aliphatic carbocycles. The van der Waals surface area contributed by atoms with E-state index in [9.17, 15) is 13.2 Å². The van der Waals surface area contributed by atoms with Crippen LogP contribution in [-0.2, 0) is 6.18 Å². The molecule has 0 bridgehead atoms. The fraction of sp³-hybridized carbons (Fsp3) is 0.222. The maximum atomic E-state index is 12.4. The van der Waals surface area contributed by atoms with Crippen LogP contribution in [0.1, 0.15) is 11.4 Å². The summed E-state index contributed by atoms with van der Waals surface area (Å²) in [7, 11) is 0. The summed E-state index contributed by atoms with van der Waals surface area (Å²) < 4.78 is 38.7. The van der Waals surface area contributed by atoms with E-state index in [1.165, 1.54) is 6.07 Å². The standard InChI is InChI=1S/C9H6BrF3N4/c1-5-15-7(10)2-8(16-5)17-4-6(3-14-17)9(11,12)13/h2-4H,1H3. The average molecular weight is 307 g/mol. The van der Waals surface area contributed by atoms with Crippen LogP contribution in [0.2, 0.25) is 0 Å². The van der Waals surface area contributed by atoms with Gasteiger partial charge in [0.1, 0.15) is 10.4 Å². The number of halogens is 4. The monoisotopic (exact) mass is 306 g/mol. The molecular weight excluding hydrogens is 301 g/mol. The SMILES string of the molecule is Cc1nc(Br)cc(-n2cc(C(F)(F)F)cn2)n1. The summed E-state index contributed by atoms with van der Waals surface area (Å²) in [6.45, 7) is 1.64. The van der Waals surface area contributed by atoms with Crippen molar-refractivity contribution in [3.05, 3.63) is 34.5 Å². The van der Waals surface area contributed by atoms with E-state index in [2.05, 4.69) is 31.0 Å². The third-order valence-electron chi connectivity index (χ3n) is 1.94. The van der Waals surface area contributed by atoms with Gasteiger partial charge in [0.15, 0.2) is 5.82 Å². The third kappa shape index (κ3) is 2.63. The molecule has 0 saturated heterocycles. The maximum Gasteiger partial charge on any atom is 0.419 e. The Kier molecular flexibility index (Phi) is 2.90. The quantitative estimate of drug-likeness (QED) is 0.761. The van der Waals surface area contributed by atoms with Crippen LogP contribution in [-0.4, -0.2) is 19.7 Å². The second-order valence-electron chi connectivity index (χ2n) is 3.27. The molecule has 0 aromatic carbocycles. The van der Waals surface area contributed by atoms with E-state index >= 15 is 0 Å². The molecule has 0 N–H and O–H groups in total. The molecule has 17 heavy (non-hydrogen) atoms. The Morgan fingerprint density at radius 3 is 2.53 bits per heavy atom. The highest BCUT2D eigenvalue weighted by molar-refractivity contribution is 9.10. The Morgan fingerprint density at radius 1 is 1.29 bits per heavy atom. The van der Waals surface area contributed by atoms with Crippen LogP contribution in [0, 0.1) is 6.92 Å². The van der Waals surface area contributed by atoms with Crippen molar-refractivity contribution in [1.29, 1.82) is 0 Å². The Bertz CT molecular complexity index is 529. The molecule has 2 aromatic rings. The molecule has 0 atom stereocenters. The second-order valence-corrected chi connectivity index (χ2v) is 4.08. The average Bonchev–Trinajstić information content (AvgIpc) is 2.63. The van der Waals surface area contributed by atoms with Crippen LogP contribution in [0.15, 0.2) is 23.1 Å². The fourth-order valence-corrected chi connectivity index (χ4v) is 1.69. The summed E-state index contributed by atoms with van der Waals surface area (Å²) in [5.74, 6) is 0.721. The summed E-state index contributed by atoms with van der Waals surface area (Å²) in [6, 6.07) is 1.49. The molecule has 0 fully saturated rings. The third-order valence-corrected chi connectivity index (χ3v) is 2.34. The van der Waals surface area contributed by atoms with Gasteiger partial charge in [-0.1, -0.05) is 0 Å². The highest BCUT2D eigenvalue weighted by atomic mass is 79.9. The zero-order chi connectivity index (χ0) is 12.6. The molecule has 2 aromatic heterocycles. The molecule has 0 radical (unpaired) electrons. The molecular formula is C9H6BrF3N4. The van der Waals surface area contributed by atoms with E-state index in [1.807, 2.05) is 0 Å². The lowest BCUT2D eigenvalue weighted by Gasteiger charge is -2.03. The van der Waals surface area contributed by atoms with Crippen molar-refractivity contribution in [2.75, 3.05) is 0 Å². The number of hydrogen-bond acceptors (Lipinski definition) is 3. The van der Waals surface area contributed by atoms with Crippen molar-refractivity contribution < 1.29 is 13.2 Å². The lowest BCUT2D eigenvalue weighted by molar-refractivity contribution is -0.137. The molecule has 0 spiro atoms. The minimum absolute atomic E-state index is 0.278. The van der Waals surface area contributed by atoms with Gasteiger partial charge in [-0.25, -0.2) is 14.6 Å². The van der Waals surface area contributed by atoms with Crippen LogP contribution in [0.5, 0.6) is 0 Å². The summed E-state index contributed by atoms with van der Waals surface area (Å²) in [5.41, 5.74) is -0.815. The summed E-state index contributed by atoms with van der Waals surface area (Å²) in [4.78, 5) is 7.95. The predicted octanol–water partition coefficient (Wildman–Crippen LogP) is 2.75. The van der Waals surface area contributed by atoms with Gasteiger partial charge in [-0.2, -0.15) is 18.3 Å². The minimum Gasteiger partial charge on any atom is -0.226 e. The van der Waals surface area contributed by atoms with Crippen LogP contribution in [0.4, 0.5) is 13.2 Å². The van der Waals surface area contributed by atoms with Crippen LogP contribution >= 0.6 is 15.9 Å². The highest BCUT2D eigenvalue weighted by Crippen LogP contribution is 2.29. The predicted molar refractivity (Wildman–Crippen MR) is 56.6 cm³/mol. The van der Waals surface area contributed by atoms with Gasteiger partial charge in [0, 0.05) is 12.3 Å². The lowest BCUT2D eigenvalue weighted by Crippen LogP contribution is -2.04. The van der Waals surface area contributed by atoms with Crippen molar-refractivity contribution in [2.24, 2.45) is 0 Å². The van der Waals surface area contributed by atoms with E-state index in [1.54, 1.807) is 6.92 Å². The van der Waals surface area contributed by atoms with E-state index < -0.39 is 11.7 Å². The van der Waals surface area contributed by atoms with Crippen LogP contribution in [0.25, 0.3) is 5.82 Å². The van der Waals surface area contributed by atoms with Crippen molar-refractivity contribution in [1.82, 2.24) is 19.7 Å². The summed E-state index contributed by atoms with van der Waals surface area (Å²) in [5, 5.41) is 3.62. The number of rotatable bonds is 1. The summed E-state index contributed by atoms with van der Waals surface area (Å²) in [6.07, 6.45) is -2.77. The Labute approximate surface area is 103 Å². The lowest BCUT2D eigenvalue weighted by atomic mass is 10.4. The van der Waals surface area contributed by atoms with Crippen molar-refractivity contribution >= 4 is 15.9 Å². The number of aryl methyl sites for hydroxylation is 1. The first-order valence-corrected chi connectivity index (χ1v) is 5.29. The zero-order valence-corrected chi connectivity index (χ0v) is 10.1. The topological polar surface area (TPSA) is 43.6 Å². The van der Waals surface area contributed by atoms with Gasteiger partial charge in [-0.05, 0) is 22.9 Å². The smallest absolute Gasteiger partial charge is 0.226 e. The number of hydrogen-bond donors (Lipinski definition) is 0. The van der Waals surface area contributed by atoms with Gasteiger partial charge >= 0.3 is 6.18 Å². The highest BCUT2D eigenvalue weighted by Gasteiger charge is 2.32. The van der Waals surface area contributed by atoms with Crippen molar-refractivity contribution in [3.63, 3.8) is 0 Å². The van der Waals surface area contributed by atoms with Crippen LogP contribution < -0.4 is 0 Å². The molecule has 2 rings (SSSR count). The van der Waals surface area contributed by atoms with Gasteiger partial charge in [-0.3, -0.25) is 0 Å². The molecule has 4 nitrogen and oxygen atoms in total. The first-order chi connectivity index (χ1) is 7.86. The van der Waals surface area contributed by atoms with E-state index in [0.717, 1.165) is 17.1 Å². The molecule has 90 valence electrons. The maximum absolute atomic E-state index is 12.4. The van der Waals surface area contributed by atoms with E-state index in [0.29, 0.717) is 10.4 Å². The van der Waals surface area contributed by atoms with Crippen molar-refractivity contribution in [2.45, 2.75) is 13.1 Å².